The van der Waals surface area contributed by atoms with Crippen molar-refractivity contribution in [3.8, 4) is 0 Å². The highest BCUT2D eigenvalue weighted by atomic mass is 32.2. The molecule has 0 bridgehead atoms. The molecular formula is C12H17F2NS. The van der Waals surface area contributed by atoms with E-state index in [2.05, 4.69) is 18.5 Å². The summed E-state index contributed by atoms with van der Waals surface area (Å²) in [6.07, 6.45) is 3.13. The number of hydrogen-bond acceptors (Lipinski definition) is 2. The van der Waals surface area contributed by atoms with Gasteiger partial charge in [0, 0.05) is 17.9 Å². The second-order valence-electron chi connectivity index (χ2n) is 3.79. The summed E-state index contributed by atoms with van der Waals surface area (Å²) in [5.41, 5.74) is 0.648. The van der Waals surface area contributed by atoms with Gasteiger partial charge in [-0.1, -0.05) is 6.92 Å². The van der Waals surface area contributed by atoms with Gasteiger partial charge in [-0.25, -0.2) is 8.78 Å². The molecule has 1 unspecified atom stereocenters. The fraction of sp³-hybridized carbons (Fsp3) is 0.500. The highest BCUT2D eigenvalue weighted by Gasteiger charge is 2.01. The molecule has 0 aliphatic rings. The zero-order valence-electron chi connectivity index (χ0n) is 9.59. The van der Waals surface area contributed by atoms with E-state index in [1.54, 1.807) is 0 Å². The van der Waals surface area contributed by atoms with Crippen LogP contribution in [-0.2, 0) is 6.54 Å². The maximum atomic E-state index is 12.8. The second-order valence-corrected chi connectivity index (χ2v) is 5.07. The Kier molecular flexibility index (Phi) is 5.77. The Morgan fingerprint density at radius 1 is 1.25 bits per heavy atom. The zero-order chi connectivity index (χ0) is 12.0. The predicted molar refractivity (Wildman–Crippen MR) is 65.7 cm³/mol. The van der Waals surface area contributed by atoms with E-state index in [-0.39, 0.29) is 0 Å². The van der Waals surface area contributed by atoms with Gasteiger partial charge in [-0.2, -0.15) is 11.8 Å². The normalized spacial score (nSPS) is 12.8. The zero-order valence-corrected chi connectivity index (χ0v) is 10.4. The number of thioether (sulfide) groups is 1. The third kappa shape index (κ3) is 4.94. The number of rotatable bonds is 6. The molecule has 0 saturated heterocycles. The van der Waals surface area contributed by atoms with E-state index in [1.807, 2.05) is 11.8 Å². The maximum absolute atomic E-state index is 12.8. The molecule has 1 rings (SSSR count). The molecule has 16 heavy (non-hydrogen) atoms. The molecule has 4 heteroatoms. The lowest BCUT2D eigenvalue weighted by molar-refractivity contribution is 0.573. The molecule has 0 spiro atoms. The van der Waals surface area contributed by atoms with Crippen molar-refractivity contribution >= 4 is 11.8 Å². The Morgan fingerprint density at radius 2 is 1.88 bits per heavy atom. The van der Waals surface area contributed by atoms with Crippen LogP contribution in [0.15, 0.2) is 18.2 Å². The van der Waals surface area contributed by atoms with Crippen molar-refractivity contribution in [3.05, 3.63) is 35.4 Å². The van der Waals surface area contributed by atoms with E-state index in [4.69, 9.17) is 0 Å². The molecule has 90 valence electrons. The Morgan fingerprint density at radius 3 is 2.44 bits per heavy atom. The minimum Gasteiger partial charge on any atom is -0.313 e. The van der Waals surface area contributed by atoms with Crippen molar-refractivity contribution in [1.29, 1.82) is 0 Å². The van der Waals surface area contributed by atoms with Crippen LogP contribution in [-0.4, -0.2) is 18.1 Å². The van der Waals surface area contributed by atoms with Gasteiger partial charge in [-0.3, -0.25) is 0 Å². The smallest absolute Gasteiger partial charge is 0.126 e. The molecular weight excluding hydrogens is 228 g/mol. The molecule has 1 atom stereocenters. The van der Waals surface area contributed by atoms with Gasteiger partial charge in [0.15, 0.2) is 0 Å². The first kappa shape index (κ1) is 13.5. The third-order valence-electron chi connectivity index (χ3n) is 2.38. The van der Waals surface area contributed by atoms with E-state index in [1.165, 1.54) is 12.1 Å². The van der Waals surface area contributed by atoms with E-state index in [0.717, 1.165) is 19.0 Å². The average Bonchev–Trinajstić information content (AvgIpc) is 2.22. The van der Waals surface area contributed by atoms with Gasteiger partial charge < -0.3 is 5.32 Å². The molecule has 0 aromatic heterocycles. The largest absolute Gasteiger partial charge is 0.313 e. The molecule has 0 aliphatic carbocycles. The highest BCUT2D eigenvalue weighted by Crippen LogP contribution is 2.09. The standard InChI is InChI=1S/C12H17F2NS/c1-9(16-2)3-4-15-8-10-5-11(13)7-12(14)6-10/h5-7,9,15H,3-4,8H2,1-2H3. The Balaban J connectivity index is 2.32. The summed E-state index contributed by atoms with van der Waals surface area (Å²) >= 11 is 1.82. The number of nitrogens with one attached hydrogen (secondary N) is 1. The SMILES string of the molecule is CSC(C)CCNCc1cc(F)cc(F)c1. The highest BCUT2D eigenvalue weighted by molar-refractivity contribution is 7.99. The van der Waals surface area contributed by atoms with Crippen LogP contribution in [0, 0.1) is 11.6 Å². The Bertz CT molecular complexity index is 311. The molecule has 1 aromatic rings. The van der Waals surface area contributed by atoms with Crippen LogP contribution in [0.5, 0.6) is 0 Å². The van der Waals surface area contributed by atoms with Gasteiger partial charge in [0.2, 0.25) is 0 Å². The van der Waals surface area contributed by atoms with Crippen molar-refractivity contribution in [3.63, 3.8) is 0 Å². The Hall–Kier alpha value is -0.610. The van der Waals surface area contributed by atoms with Crippen LogP contribution in [0.1, 0.15) is 18.9 Å². The van der Waals surface area contributed by atoms with Crippen molar-refractivity contribution in [2.45, 2.75) is 25.1 Å². The Labute approximate surface area is 99.6 Å². The summed E-state index contributed by atoms with van der Waals surface area (Å²) in [7, 11) is 0. The number of halogens is 2. The molecule has 0 radical (unpaired) electrons. The second kappa shape index (κ2) is 6.86. The summed E-state index contributed by atoms with van der Waals surface area (Å²) in [6.45, 7) is 3.53. The lowest BCUT2D eigenvalue weighted by Gasteiger charge is -2.09. The lowest BCUT2D eigenvalue weighted by atomic mass is 10.2. The van der Waals surface area contributed by atoms with Crippen LogP contribution in [0.25, 0.3) is 0 Å². The molecule has 0 aliphatic heterocycles. The summed E-state index contributed by atoms with van der Waals surface area (Å²) in [5, 5.41) is 3.78. The lowest BCUT2D eigenvalue weighted by Crippen LogP contribution is -2.17. The summed E-state index contributed by atoms with van der Waals surface area (Å²) < 4.78 is 25.7. The van der Waals surface area contributed by atoms with Gasteiger partial charge in [0.1, 0.15) is 11.6 Å². The molecule has 1 aromatic carbocycles. The molecule has 0 fully saturated rings. The first-order valence-electron chi connectivity index (χ1n) is 5.30. The van der Waals surface area contributed by atoms with Crippen LogP contribution >= 0.6 is 11.8 Å². The van der Waals surface area contributed by atoms with E-state index in [0.29, 0.717) is 17.4 Å². The first-order valence-corrected chi connectivity index (χ1v) is 6.59. The summed E-state index contributed by atoms with van der Waals surface area (Å²) in [6, 6.07) is 3.60. The monoisotopic (exact) mass is 245 g/mol. The molecule has 1 N–H and O–H groups in total. The average molecular weight is 245 g/mol. The van der Waals surface area contributed by atoms with Crippen LogP contribution in [0.3, 0.4) is 0 Å². The van der Waals surface area contributed by atoms with Gasteiger partial charge in [0.25, 0.3) is 0 Å². The molecule has 0 heterocycles. The summed E-state index contributed by atoms with van der Waals surface area (Å²) in [5.74, 6) is -1.04. The van der Waals surface area contributed by atoms with E-state index in [9.17, 15) is 8.78 Å². The van der Waals surface area contributed by atoms with E-state index >= 15 is 0 Å². The van der Waals surface area contributed by atoms with Gasteiger partial charge in [0.05, 0.1) is 0 Å². The fourth-order valence-electron chi connectivity index (χ4n) is 1.37. The van der Waals surface area contributed by atoms with Gasteiger partial charge >= 0.3 is 0 Å². The van der Waals surface area contributed by atoms with Crippen LogP contribution < -0.4 is 5.32 Å². The molecule has 0 saturated carbocycles. The predicted octanol–water partition coefficient (Wildman–Crippen LogP) is 3.20. The summed E-state index contributed by atoms with van der Waals surface area (Å²) in [4.78, 5) is 0. The fourth-order valence-corrected chi connectivity index (χ4v) is 1.72. The number of benzene rings is 1. The van der Waals surface area contributed by atoms with Crippen LogP contribution in [0.4, 0.5) is 8.78 Å². The van der Waals surface area contributed by atoms with Crippen molar-refractivity contribution in [2.24, 2.45) is 0 Å². The van der Waals surface area contributed by atoms with Gasteiger partial charge in [-0.05, 0) is 36.9 Å². The third-order valence-corrected chi connectivity index (χ3v) is 3.42. The van der Waals surface area contributed by atoms with Crippen molar-refractivity contribution in [2.75, 3.05) is 12.8 Å². The van der Waals surface area contributed by atoms with E-state index < -0.39 is 11.6 Å². The first-order chi connectivity index (χ1) is 7.61. The minimum absolute atomic E-state index is 0.510. The van der Waals surface area contributed by atoms with Crippen molar-refractivity contribution in [1.82, 2.24) is 5.32 Å². The van der Waals surface area contributed by atoms with Gasteiger partial charge in [-0.15, -0.1) is 0 Å². The minimum atomic E-state index is -0.519. The topological polar surface area (TPSA) is 12.0 Å². The van der Waals surface area contributed by atoms with Crippen molar-refractivity contribution < 1.29 is 8.78 Å². The number of hydrogen-bond donors (Lipinski definition) is 1. The molecule has 1 nitrogen and oxygen atoms in total. The maximum Gasteiger partial charge on any atom is 0.126 e. The molecule has 0 amide bonds. The van der Waals surface area contributed by atoms with Crippen LogP contribution in [0.2, 0.25) is 0 Å². The quantitative estimate of drug-likeness (QED) is 0.772.